The van der Waals surface area contributed by atoms with Gasteiger partial charge in [0.2, 0.25) is 0 Å². The number of halogens is 3. The summed E-state index contributed by atoms with van der Waals surface area (Å²) in [4.78, 5) is 3.77. The number of nitrogens with one attached hydrogen (secondary N) is 1. The van der Waals surface area contributed by atoms with Gasteiger partial charge >= 0.3 is 6.18 Å². The second-order valence-electron chi connectivity index (χ2n) is 8.97. The van der Waals surface area contributed by atoms with E-state index >= 15 is 0 Å². The third-order valence-corrected chi connectivity index (χ3v) is 6.52. The molecule has 2 aromatic rings. The molecule has 2 aliphatic rings. The Hall–Kier alpha value is -2.13. The Balaban J connectivity index is 1.51. The van der Waals surface area contributed by atoms with Crippen molar-refractivity contribution in [2.75, 3.05) is 26.0 Å². The maximum atomic E-state index is 13.3. The Bertz CT molecular complexity index is 914. The van der Waals surface area contributed by atoms with Crippen LogP contribution in [0.1, 0.15) is 56.3 Å². The molecule has 4 rings (SSSR count). The fraction of sp³-hybridized carbons (Fsp3) is 0.636. The van der Waals surface area contributed by atoms with Crippen molar-refractivity contribution in [3.63, 3.8) is 0 Å². The largest absolute Gasteiger partial charge is 0.419 e. The molecule has 2 heterocycles. The van der Waals surface area contributed by atoms with E-state index < -0.39 is 17.6 Å². The SMILES string of the molecule is COCCCNC1C[C@@H]2C(c3cc(-c4cnc(N)c(C(F)(F)F)c4)nn3C(C)C)[C@@H]2C1. The molecule has 9 heteroatoms. The first-order valence-electron chi connectivity index (χ1n) is 10.9. The lowest BCUT2D eigenvalue weighted by Gasteiger charge is -2.17. The van der Waals surface area contributed by atoms with Gasteiger partial charge in [-0.05, 0) is 63.6 Å². The van der Waals surface area contributed by atoms with E-state index in [2.05, 4.69) is 15.4 Å². The fourth-order valence-electron chi connectivity index (χ4n) is 5.02. The minimum Gasteiger partial charge on any atom is -0.385 e. The molecule has 2 aromatic heterocycles. The molecule has 2 fully saturated rings. The molecule has 0 bridgehead atoms. The van der Waals surface area contributed by atoms with Crippen molar-refractivity contribution in [3.8, 4) is 11.3 Å². The number of ether oxygens (including phenoxy) is 1. The second kappa shape index (κ2) is 8.43. The lowest BCUT2D eigenvalue weighted by atomic mass is 10.0. The number of hydrogen-bond donors (Lipinski definition) is 2. The van der Waals surface area contributed by atoms with Gasteiger partial charge in [-0.2, -0.15) is 18.3 Å². The van der Waals surface area contributed by atoms with Gasteiger partial charge in [0.05, 0.1) is 11.3 Å². The second-order valence-corrected chi connectivity index (χ2v) is 8.97. The minimum atomic E-state index is -4.55. The number of alkyl halides is 3. The van der Waals surface area contributed by atoms with Crippen LogP contribution in [-0.4, -0.2) is 41.1 Å². The molecule has 6 nitrogen and oxygen atoms in total. The molecule has 2 aliphatic carbocycles. The topological polar surface area (TPSA) is 78.0 Å². The van der Waals surface area contributed by atoms with Crippen LogP contribution >= 0.6 is 0 Å². The summed E-state index contributed by atoms with van der Waals surface area (Å²) >= 11 is 0. The number of hydrogen-bond acceptors (Lipinski definition) is 5. The van der Waals surface area contributed by atoms with Crippen molar-refractivity contribution in [3.05, 3.63) is 29.6 Å². The summed E-state index contributed by atoms with van der Waals surface area (Å²) < 4.78 is 46.8. The molecule has 0 aliphatic heterocycles. The summed E-state index contributed by atoms with van der Waals surface area (Å²) in [6.07, 6.45) is 0.0836. The molecule has 2 unspecified atom stereocenters. The van der Waals surface area contributed by atoms with E-state index in [1.807, 2.05) is 24.6 Å². The Kier molecular flexibility index (Phi) is 6.00. The average Bonchev–Trinajstić information content (AvgIpc) is 3.07. The van der Waals surface area contributed by atoms with Crippen molar-refractivity contribution >= 4 is 5.82 Å². The first-order valence-corrected chi connectivity index (χ1v) is 10.9. The average molecular weight is 438 g/mol. The highest BCUT2D eigenvalue weighted by molar-refractivity contribution is 5.63. The quantitative estimate of drug-likeness (QED) is 0.604. The summed E-state index contributed by atoms with van der Waals surface area (Å²) in [6.45, 7) is 5.81. The monoisotopic (exact) mass is 437 g/mol. The normalized spacial score (nSPS) is 25.3. The van der Waals surface area contributed by atoms with Gasteiger partial charge in [0.1, 0.15) is 5.82 Å². The van der Waals surface area contributed by atoms with Crippen molar-refractivity contribution < 1.29 is 17.9 Å². The number of nitrogens with two attached hydrogens (primary N) is 1. The lowest BCUT2D eigenvalue weighted by Crippen LogP contribution is -2.29. The molecule has 4 atom stereocenters. The summed E-state index contributed by atoms with van der Waals surface area (Å²) in [7, 11) is 1.71. The van der Waals surface area contributed by atoms with Crippen LogP contribution < -0.4 is 11.1 Å². The number of nitrogen functional groups attached to an aromatic ring is 1. The zero-order chi connectivity index (χ0) is 22.3. The highest BCUT2D eigenvalue weighted by Gasteiger charge is 2.57. The van der Waals surface area contributed by atoms with Gasteiger partial charge in [0.25, 0.3) is 0 Å². The van der Waals surface area contributed by atoms with Crippen molar-refractivity contribution in [1.29, 1.82) is 0 Å². The van der Waals surface area contributed by atoms with Crippen LogP contribution in [0, 0.1) is 11.8 Å². The Labute approximate surface area is 180 Å². The molecular weight excluding hydrogens is 407 g/mol. The molecule has 31 heavy (non-hydrogen) atoms. The van der Waals surface area contributed by atoms with Gasteiger partial charge in [-0.15, -0.1) is 0 Å². The number of nitrogens with zero attached hydrogens (tertiary/aromatic N) is 3. The molecule has 0 aromatic carbocycles. The van der Waals surface area contributed by atoms with Gasteiger partial charge < -0.3 is 15.8 Å². The first-order chi connectivity index (χ1) is 14.7. The van der Waals surface area contributed by atoms with Crippen LogP contribution in [0.25, 0.3) is 11.3 Å². The van der Waals surface area contributed by atoms with E-state index in [1.54, 1.807) is 7.11 Å². The molecule has 0 spiro atoms. The molecule has 2 saturated carbocycles. The smallest absolute Gasteiger partial charge is 0.385 e. The number of anilines is 1. The molecular formula is C22H30F3N5O. The van der Waals surface area contributed by atoms with Crippen LogP contribution in [0.15, 0.2) is 18.3 Å². The summed E-state index contributed by atoms with van der Waals surface area (Å²) in [5.74, 6) is 1.12. The maximum Gasteiger partial charge on any atom is 0.419 e. The standard InChI is InChI=1S/C22H30F3N5O/c1-12(2)30-19(20-15-8-14(9-16(15)20)27-5-4-6-31-3)10-18(29-30)13-7-17(22(23,24)25)21(26)28-11-13/h7,10-12,14-16,20,27H,4-6,8-9H2,1-3H3,(H2,26,28)/t14?,15-,16+,20?. The fourth-order valence-corrected chi connectivity index (χ4v) is 5.02. The maximum absolute atomic E-state index is 13.3. The third-order valence-electron chi connectivity index (χ3n) is 6.52. The van der Waals surface area contributed by atoms with Crippen molar-refractivity contribution in [2.24, 2.45) is 11.8 Å². The highest BCUT2D eigenvalue weighted by Crippen LogP contribution is 2.63. The first kappa shape index (κ1) is 22.1. The minimum absolute atomic E-state index is 0.122. The lowest BCUT2D eigenvalue weighted by molar-refractivity contribution is -0.137. The van der Waals surface area contributed by atoms with Gasteiger partial charge in [-0.3, -0.25) is 4.68 Å². The van der Waals surface area contributed by atoms with E-state index in [0.717, 1.165) is 44.2 Å². The zero-order valence-corrected chi connectivity index (χ0v) is 18.1. The molecule has 0 amide bonds. The van der Waals surface area contributed by atoms with Gasteiger partial charge in [0, 0.05) is 49.2 Å². The Morgan fingerprint density at radius 1 is 1.26 bits per heavy atom. The number of pyridine rings is 1. The van der Waals surface area contributed by atoms with Gasteiger partial charge in [-0.1, -0.05) is 0 Å². The summed E-state index contributed by atoms with van der Waals surface area (Å²) in [5, 5.41) is 8.26. The van der Waals surface area contributed by atoms with Gasteiger partial charge in [0.15, 0.2) is 0 Å². The van der Waals surface area contributed by atoms with Crippen molar-refractivity contribution in [2.45, 2.75) is 57.3 Å². The highest BCUT2D eigenvalue weighted by atomic mass is 19.4. The van der Waals surface area contributed by atoms with E-state index in [4.69, 9.17) is 10.5 Å². The number of fused-ring (bicyclic) bond motifs is 1. The van der Waals surface area contributed by atoms with Crippen LogP contribution in [0.3, 0.4) is 0 Å². The number of methoxy groups -OCH3 is 1. The van der Waals surface area contributed by atoms with E-state index in [9.17, 15) is 13.2 Å². The molecule has 0 saturated heterocycles. The Morgan fingerprint density at radius 2 is 1.97 bits per heavy atom. The third kappa shape index (κ3) is 4.43. The predicted octanol–water partition coefficient (Wildman–Crippen LogP) is 4.25. The number of aromatic nitrogens is 3. The zero-order valence-electron chi connectivity index (χ0n) is 18.1. The van der Waals surface area contributed by atoms with Crippen LogP contribution in [0.2, 0.25) is 0 Å². The van der Waals surface area contributed by atoms with E-state index in [0.29, 0.717) is 35.1 Å². The summed E-state index contributed by atoms with van der Waals surface area (Å²) in [5.41, 5.74) is 6.50. The van der Waals surface area contributed by atoms with Crippen LogP contribution in [0.5, 0.6) is 0 Å². The summed E-state index contributed by atoms with van der Waals surface area (Å²) in [6, 6.07) is 3.65. The van der Waals surface area contributed by atoms with Crippen LogP contribution in [0.4, 0.5) is 19.0 Å². The van der Waals surface area contributed by atoms with E-state index in [1.165, 1.54) is 6.20 Å². The van der Waals surface area contributed by atoms with Crippen LogP contribution in [-0.2, 0) is 10.9 Å². The Morgan fingerprint density at radius 3 is 2.58 bits per heavy atom. The van der Waals surface area contributed by atoms with E-state index in [-0.39, 0.29) is 6.04 Å². The number of rotatable bonds is 8. The molecule has 3 N–H and O–H groups in total. The molecule has 170 valence electrons. The van der Waals surface area contributed by atoms with Crippen molar-refractivity contribution in [1.82, 2.24) is 20.1 Å². The predicted molar refractivity (Wildman–Crippen MR) is 112 cm³/mol. The molecule has 0 radical (unpaired) electrons. The van der Waals surface area contributed by atoms with Gasteiger partial charge in [-0.25, -0.2) is 4.98 Å².